The van der Waals surface area contributed by atoms with Crippen molar-refractivity contribution in [3.63, 3.8) is 0 Å². The molecule has 0 aromatic rings. The molecular weight excluding hydrogens is 1100 g/mol. The molecular formula is C77H124NO8P. The number of allylic oxidation sites excluding steroid dienone is 30. The number of phosphoric acid groups is 1. The first-order valence-electron chi connectivity index (χ1n) is 34.3. The van der Waals surface area contributed by atoms with E-state index in [-0.39, 0.29) is 32.6 Å². The SMILES string of the molecule is CC/C=C\C/C=C\C/C=C\C/C=C\C/C=C\C/C=C\C/C=C\C/C=C\C/C=C\C/C=C\C/C=C\CCCCCCCC(=O)OC(COC(=O)CCCCCCCCCCCCCCCC/C=C\C/C=C\C/C=C\C/C=C\CC)COP(=O)(O)OCCN. The molecule has 0 fully saturated rings. The summed E-state index contributed by atoms with van der Waals surface area (Å²) < 4.78 is 33.1. The van der Waals surface area contributed by atoms with E-state index in [9.17, 15) is 19.0 Å². The summed E-state index contributed by atoms with van der Waals surface area (Å²) in [6.45, 7) is 3.49. The van der Waals surface area contributed by atoms with Crippen LogP contribution in [0.1, 0.15) is 258 Å². The number of phosphoric ester groups is 1. The maximum absolute atomic E-state index is 12.8. The molecule has 0 heterocycles. The van der Waals surface area contributed by atoms with E-state index < -0.39 is 32.5 Å². The van der Waals surface area contributed by atoms with Crippen molar-refractivity contribution in [1.29, 1.82) is 0 Å². The predicted molar refractivity (Wildman–Crippen MR) is 376 cm³/mol. The Morgan fingerprint density at radius 2 is 0.598 bits per heavy atom. The lowest BCUT2D eigenvalue weighted by atomic mass is 10.0. The lowest BCUT2D eigenvalue weighted by molar-refractivity contribution is -0.161. The fourth-order valence-corrected chi connectivity index (χ4v) is 9.57. The van der Waals surface area contributed by atoms with Crippen LogP contribution < -0.4 is 5.73 Å². The normalized spacial score (nSPS) is 14.1. The van der Waals surface area contributed by atoms with E-state index in [0.717, 1.165) is 148 Å². The van der Waals surface area contributed by atoms with Crippen LogP contribution in [0.5, 0.6) is 0 Å². The first-order chi connectivity index (χ1) is 42.8. The van der Waals surface area contributed by atoms with Gasteiger partial charge >= 0.3 is 19.8 Å². The summed E-state index contributed by atoms with van der Waals surface area (Å²) in [5.41, 5.74) is 5.40. The Kier molecular flexibility index (Phi) is 66.3. The number of unbranched alkanes of at least 4 members (excludes halogenated alkanes) is 19. The fourth-order valence-electron chi connectivity index (χ4n) is 8.81. The third-order valence-corrected chi connectivity index (χ3v) is 14.8. The van der Waals surface area contributed by atoms with Gasteiger partial charge in [0.05, 0.1) is 13.2 Å². The van der Waals surface area contributed by atoms with Crippen molar-refractivity contribution in [2.24, 2.45) is 5.73 Å². The van der Waals surface area contributed by atoms with Gasteiger partial charge in [-0.1, -0.05) is 292 Å². The Bertz CT molecular complexity index is 2080. The molecule has 2 unspecified atom stereocenters. The molecule has 10 heteroatoms. The molecule has 0 aromatic carbocycles. The largest absolute Gasteiger partial charge is 0.472 e. The van der Waals surface area contributed by atoms with Gasteiger partial charge < -0.3 is 20.1 Å². The van der Waals surface area contributed by atoms with E-state index in [1.807, 2.05) is 0 Å². The zero-order valence-corrected chi connectivity index (χ0v) is 55.8. The number of nitrogens with two attached hydrogens (primary N) is 1. The highest BCUT2D eigenvalue weighted by Crippen LogP contribution is 2.43. The molecule has 0 spiro atoms. The van der Waals surface area contributed by atoms with Crippen LogP contribution in [0, 0.1) is 0 Å². The van der Waals surface area contributed by atoms with Crippen LogP contribution in [0.25, 0.3) is 0 Å². The highest BCUT2D eigenvalue weighted by molar-refractivity contribution is 7.47. The molecule has 0 amide bonds. The van der Waals surface area contributed by atoms with E-state index in [0.29, 0.717) is 6.42 Å². The number of carbonyl (C=O) groups excluding carboxylic acids is 2. The average Bonchev–Trinajstić information content (AvgIpc) is 3.64. The molecule has 0 aromatic heterocycles. The first-order valence-corrected chi connectivity index (χ1v) is 35.8. The molecule has 3 N–H and O–H groups in total. The lowest BCUT2D eigenvalue weighted by Gasteiger charge is -2.19. The van der Waals surface area contributed by atoms with Gasteiger partial charge in [-0.15, -0.1) is 0 Å². The number of ether oxygens (including phenoxy) is 2. The number of hydrogen-bond donors (Lipinski definition) is 2. The van der Waals surface area contributed by atoms with Crippen LogP contribution in [0.15, 0.2) is 182 Å². The number of rotatable bonds is 62. The van der Waals surface area contributed by atoms with Crippen LogP contribution in [0.2, 0.25) is 0 Å². The molecule has 0 radical (unpaired) electrons. The third-order valence-electron chi connectivity index (χ3n) is 13.8. The summed E-state index contributed by atoms with van der Waals surface area (Å²) in [4.78, 5) is 35.3. The van der Waals surface area contributed by atoms with Gasteiger partial charge in [-0.25, -0.2) is 4.57 Å². The zero-order chi connectivity index (χ0) is 63.0. The second kappa shape index (κ2) is 70.2. The van der Waals surface area contributed by atoms with Crippen molar-refractivity contribution in [3.05, 3.63) is 182 Å². The summed E-state index contributed by atoms with van der Waals surface area (Å²) >= 11 is 0. The van der Waals surface area contributed by atoms with Crippen LogP contribution >= 0.6 is 7.82 Å². The Hall–Kier alpha value is -4.89. The molecule has 87 heavy (non-hydrogen) atoms. The number of carbonyl (C=O) groups is 2. The van der Waals surface area contributed by atoms with E-state index in [1.54, 1.807) is 0 Å². The highest BCUT2D eigenvalue weighted by Gasteiger charge is 2.26. The van der Waals surface area contributed by atoms with Gasteiger partial charge in [0, 0.05) is 19.4 Å². The maximum atomic E-state index is 12.8. The van der Waals surface area contributed by atoms with Gasteiger partial charge in [0.1, 0.15) is 6.61 Å². The smallest absolute Gasteiger partial charge is 0.462 e. The van der Waals surface area contributed by atoms with E-state index >= 15 is 0 Å². The first kappa shape index (κ1) is 82.1. The van der Waals surface area contributed by atoms with Crippen molar-refractivity contribution >= 4 is 19.8 Å². The number of esters is 2. The van der Waals surface area contributed by atoms with Gasteiger partial charge in [-0.3, -0.25) is 18.6 Å². The molecule has 0 aliphatic carbocycles. The van der Waals surface area contributed by atoms with E-state index in [4.69, 9.17) is 24.3 Å². The summed E-state index contributed by atoms with van der Waals surface area (Å²) in [6.07, 6.45) is 105. The van der Waals surface area contributed by atoms with E-state index in [1.165, 1.54) is 77.0 Å². The minimum atomic E-state index is -4.41. The summed E-state index contributed by atoms with van der Waals surface area (Å²) in [5, 5.41) is 0. The minimum absolute atomic E-state index is 0.0409. The highest BCUT2D eigenvalue weighted by atomic mass is 31.2. The van der Waals surface area contributed by atoms with E-state index in [2.05, 4.69) is 196 Å². The van der Waals surface area contributed by atoms with Gasteiger partial charge in [0.2, 0.25) is 0 Å². The Morgan fingerprint density at radius 3 is 0.885 bits per heavy atom. The molecule has 0 saturated heterocycles. The predicted octanol–water partition coefficient (Wildman–Crippen LogP) is 22.7. The zero-order valence-electron chi connectivity index (χ0n) is 54.9. The summed E-state index contributed by atoms with van der Waals surface area (Å²) in [7, 11) is -4.41. The van der Waals surface area contributed by atoms with Crippen molar-refractivity contribution in [3.8, 4) is 0 Å². The summed E-state index contributed by atoms with van der Waals surface area (Å²) in [6, 6.07) is 0. The standard InChI is InChI=1S/C77H124NO8P/c1-3-5-7-9-11-13-15-17-19-21-23-25-27-29-31-32-33-34-35-36-37-38-39-40-41-42-44-46-48-50-52-54-56-58-60-62-64-66-68-70-77(80)86-75(74-85-87(81,82)84-72-71-78)73-83-76(79)69-67-65-63-61-59-57-55-53-51-49-47-45-43-30-28-26-24-22-20-18-16-14-12-10-8-6-4-2/h5-8,11-14,17-20,23-26,29,31,33-34,36-37,39-40,42,44,48,50,54,56,75H,3-4,9-10,15-16,21-22,27-28,30,32,35,38,41,43,45-47,49,51-53,55,57-74,78H2,1-2H3,(H,81,82)/b7-5-,8-6-,13-11-,14-12-,19-17-,20-18-,25-23-,26-24-,31-29-,34-33-,37-36-,40-39-,44-42-,50-48-,56-54-. The lowest BCUT2D eigenvalue weighted by Crippen LogP contribution is -2.29. The number of hydrogen-bond acceptors (Lipinski definition) is 8. The maximum Gasteiger partial charge on any atom is 0.472 e. The Labute approximate surface area is 533 Å². The van der Waals surface area contributed by atoms with Gasteiger partial charge in [0.25, 0.3) is 0 Å². The van der Waals surface area contributed by atoms with Crippen LogP contribution in [-0.4, -0.2) is 49.3 Å². The van der Waals surface area contributed by atoms with Crippen molar-refractivity contribution in [1.82, 2.24) is 0 Å². The third kappa shape index (κ3) is 70.1. The second-order valence-corrected chi connectivity index (χ2v) is 23.4. The van der Waals surface area contributed by atoms with Crippen LogP contribution in [0.4, 0.5) is 0 Å². The van der Waals surface area contributed by atoms with Crippen LogP contribution in [0.3, 0.4) is 0 Å². The molecule has 0 aliphatic rings. The molecule has 9 nitrogen and oxygen atoms in total. The van der Waals surface area contributed by atoms with Crippen molar-refractivity contribution in [2.45, 2.75) is 264 Å². The summed E-state index contributed by atoms with van der Waals surface area (Å²) in [5.74, 6) is -0.860. The molecule has 0 aliphatic heterocycles. The monoisotopic (exact) mass is 1220 g/mol. The van der Waals surface area contributed by atoms with Crippen molar-refractivity contribution < 1.29 is 37.6 Å². The van der Waals surface area contributed by atoms with Gasteiger partial charge in [0.15, 0.2) is 6.10 Å². The topological polar surface area (TPSA) is 134 Å². The Morgan fingerprint density at radius 1 is 0.345 bits per heavy atom. The molecule has 0 saturated carbocycles. The Balaban J connectivity index is 4.02. The minimum Gasteiger partial charge on any atom is -0.462 e. The molecule has 0 rings (SSSR count). The fraction of sp³-hybridized carbons (Fsp3) is 0.584. The van der Waals surface area contributed by atoms with Gasteiger partial charge in [-0.2, -0.15) is 0 Å². The molecule has 490 valence electrons. The molecule has 2 atom stereocenters. The average molecular weight is 1220 g/mol. The van der Waals surface area contributed by atoms with Crippen molar-refractivity contribution in [2.75, 3.05) is 26.4 Å². The van der Waals surface area contributed by atoms with Crippen LogP contribution in [-0.2, 0) is 32.7 Å². The second-order valence-electron chi connectivity index (χ2n) is 21.9. The van der Waals surface area contributed by atoms with Gasteiger partial charge in [-0.05, 0) is 135 Å². The quantitative estimate of drug-likeness (QED) is 0.0264. The molecule has 0 bridgehead atoms.